The molecule has 0 aromatic rings. The van der Waals surface area contributed by atoms with E-state index in [0.29, 0.717) is 5.92 Å². The minimum Gasteiger partial charge on any atom is -0.340 e. The average Bonchev–Trinajstić information content (AvgIpc) is 2.03. The quantitative estimate of drug-likeness (QED) is 0.382. The molecule has 0 rings (SSSR count). The van der Waals surface area contributed by atoms with E-state index >= 15 is 0 Å². The molecule has 14 heavy (non-hydrogen) atoms. The summed E-state index contributed by atoms with van der Waals surface area (Å²) in [4.78, 5) is 0. The second-order valence-corrected chi connectivity index (χ2v) is 3.02. The van der Waals surface area contributed by atoms with Crippen LogP contribution >= 0.6 is 0 Å². The fraction of sp³-hybridized carbons (Fsp3) is 0.889. The number of halogens is 3. The van der Waals surface area contributed by atoms with Gasteiger partial charge in [0.1, 0.15) is 0 Å². The first-order valence-corrected chi connectivity index (χ1v) is 4.79. The first-order valence-electron chi connectivity index (χ1n) is 4.79. The van der Waals surface area contributed by atoms with E-state index in [-0.39, 0.29) is 51.4 Å². The molecule has 0 saturated heterocycles. The largest absolute Gasteiger partial charge is 1.00 e. The Morgan fingerprint density at radius 3 is 1.86 bits per heavy atom. The summed E-state index contributed by atoms with van der Waals surface area (Å²) in [5.74, 6) is 0.705. The molecule has 0 bridgehead atoms. The molecular formula is C9H19BF3K. The predicted molar refractivity (Wildman–Crippen MR) is 52.4 cm³/mol. The van der Waals surface area contributed by atoms with Crippen molar-refractivity contribution in [1.82, 2.24) is 0 Å². The fourth-order valence-corrected chi connectivity index (χ4v) is 0.887. The third-order valence-corrected chi connectivity index (χ3v) is 1.79. The van der Waals surface area contributed by atoms with E-state index in [0.717, 1.165) is 0 Å². The van der Waals surface area contributed by atoms with Gasteiger partial charge in [0.25, 0.3) is 0 Å². The van der Waals surface area contributed by atoms with Crippen LogP contribution in [0.2, 0.25) is 0 Å². The molecule has 80 valence electrons. The molecule has 0 aliphatic heterocycles. The van der Waals surface area contributed by atoms with Gasteiger partial charge in [0.15, 0.2) is 0 Å². The maximum atomic E-state index is 9.67. The second-order valence-electron chi connectivity index (χ2n) is 3.02. The maximum Gasteiger partial charge on any atom is 1.00 e. The van der Waals surface area contributed by atoms with Crippen LogP contribution < -0.4 is 51.4 Å². The van der Waals surface area contributed by atoms with E-state index in [4.69, 9.17) is 0 Å². The fourth-order valence-electron chi connectivity index (χ4n) is 0.887. The molecule has 0 spiro atoms. The summed E-state index contributed by atoms with van der Waals surface area (Å²) in [7, 11) is -3.67. The third kappa shape index (κ3) is 29.2. The molecule has 0 nitrogen and oxygen atoms in total. The zero-order valence-corrected chi connectivity index (χ0v) is 12.7. The molecule has 0 N–H and O–H groups in total. The summed E-state index contributed by atoms with van der Waals surface area (Å²) in [5.41, 5.74) is 0. The summed E-state index contributed by atoms with van der Waals surface area (Å²) in [6, 6.07) is 0. The first kappa shape index (κ1) is 20.8. The van der Waals surface area contributed by atoms with Gasteiger partial charge in [-0.2, -0.15) is 5.92 Å². The zero-order valence-electron chi connectivity index (χ0n) is 9.53. The predicted octanol–water partition coefficient (Wildman–Crippen LogP) is 1.31. The van der Waals surface area contributed by atoms with Crippen molar-refractivity contribution in [1.29, 1.82) is 0 Å². The molecular weight excluding hydrogens is 215 g/mol. The Bertz CT molecular complexity index is 91.4. The molecule has 0 fully saturated rings. The van der Waals surface area contributed by atoms with E-state index in [2.05, 4.69) is 20.8 Å². The zero-order chi connectivity index (χ0) is 10.7. The Hall–Kier alpha value is 1.49. The van der Waals surface area contributed by atoms with E-state index < -0.39 is 7.54 Å². The number of rotatable bonds is 5. The van der Waals surface area contributed by atoms with Gasteiger partial charge in [-0.1, -0.05) is 46.0 Å². The Labute approximate surface area is 129 Å². The first-order chi connectivity index (χ1) is 6.04. The monoisotopic (exact) mass is 234 g/mol. The van der Waals surface area contributed by atoms with Crippen LogP contribution in [0.3, 0.4) is 0 Å². The topological polar surface area (TPSA) is 0 Å². The summed E-state index contributed by atoms with van der Waals surface area (Å²) in [5, 5.41) is 0. The normalized spacial score (nSPS) is 10.7. The van der Waals surface area contributed by atoms with Gasteiger partial charge in [-0.25, -0.2) is 0 Å². The Morgan fingerprint density at radius 1 is 1.14 bits per heavy atom. The van der Waals surface area contributed by atoms with Gasteiger partial charge in [-0.3, -0.25) is 12.9 Å². The minimum absolute atomic E-state index is 0. The molecule has 0 heterocycles. The summed E-state index contributed by atoms with van der Waals surface area (Å²) in [6.45, 7) is 8.48. The molecule has 0 aliphatic rings. The number of unbranched alkanes of at least 4 members (excludes halogenated alkanes) is 2. The van der Waals surface area contributed by atoms with Crippen LogP contribution in [0, 0.1) is 12.8 Å². The van der Waals surface area contributed by atoms with Crippen LogP contribution in [0.5, 0.6) is 0 Å². The van der Waals surface area contributed by atoms with Crippen LogP contribution in [0.1, 0.15) is 46.0 Å². The molecule has 1 atom stereocenters. The van der Waals surface area contributed by atoms with Crippen LogP contribution in [0.15, 0.2) is 0 Å². The van der Waals surface area contributed by atoms with Crippen LogP contribution in [0.25, 0.3) is 0 Å². The van der Waals surface area contributed by atoms with E-state index in [1.165, 1.54) is 32.1 Å². The van der Waals surface area contributed by atoms with E-state index in [9.17, 15) is 12.9 Å². The van der Waals surface area contributed by atoms with Crippen LogP contribution in [-0.2, 0) is 0 Å². The smallest absolute Gasteiger partial charge is 0.340 e. The molecule has 1 unspecified atom stereocenters. The molecule has 5 heteroatoms. The summed E-state index contributed by atoms with van der Waals surface area (Å²) in [6.07, 6.45) is 6.65. The Kier molecular flexibility index (Phi) is 25.2. The third-order valence-electron chi connectivity index (χ3n) is 1.79. The van der Waals surface area contributed by atoms with Gasteiger partial charge in [0.05, 0.1) is 0 Å². The standard InChI is InChI=1S/C9H19.BF3.K/c1-4-6-7-8-9(3)5-2;2-1(3)4;/h9H,3-8H2,1-2H3;;/q-1;;+1. The Balaban J connectivity index is -0.000000209. The van der Waals surface area contributed by atoms with Gasteiger partial charge in [0.2, 0.25) is 0 Å². The van der Waals surface area contributed by atoms with Crippen molar-refractivity contribution < 1.29 is 64.3 Å². The van der Waals surface area contributed by atoms with E-state index in [1.807, 2.05) is 0 Å². The second kappa shape index (κ2) is 16.9. The van der Waals surface area contributed by atoms with Crippen molar-refractivity contribution in [2.75, 3.05) is 0 Å². The Morgan fingerprint density at radius 2 is 1.57 bits per heavy atom. The van der Waals surface area contributed by atoms with Crippen molar-refractivity contribution in [3.8, 4) is 0 Å². The van der Waals surface area contributed by atoms with Crippen molar-refractivity contribution in [3.63, 3.8) is 0 Å². The molecule has 0 aromatic carbocycles. The van der Waals surface area contributed by atoms with Crippen LogP contribution in [0.4, 0.5) is 12.9 Å². The molecule has 0 saturated carbocycles. The number of hydrogen-bond acceptors (Lipinski definition) is 0. The number of hydrogen-bond donors (Lipinski definition) is 0. The maximum absolute atomic E-state index is 9.67. The molecule has 0 amide bonds. The summed E-state index contributed by atoms with van der Waals surface area (Å²) >= 11 is 0. The average molecular weight is 234 g/mol. The van der Waals surface area contributed by atoms with Crippen molar-refractivity contribution in [2.45, 2.75) is 46.0 Å². The SMILES string of the molecule is FB(F)F.[CH2-]C(CC)CCCCC.[K+]. The van der Waals surface area contributed by atoms with Gasteiger partial charge in [-0.15, -0.1) is 0 Å². The molecule has 0 radical (unpaired) electrons. The molecule has 0 aliphatic carbocycles. The minimum atomic E-state index is -3.67. The van der Waals surface area contributed by atoms with Crippen LogP contribution in [-0.4, -0.2) is 7.54 Å². The van der Waals surface area contributed by atoms with Crippen molar-refractivity contribution >= 4 is 7.54 Å². The van der Waals surface area contributed by atoms with Crippen molar-refractivity contribution in [3.05, 3.63) is 6.92 Å². The van der Waals surface area contributed by atoms with Gasteiger partial charge >= 0.3 is 58.9 Å². The van der Waals surface area contributed by atoms with Gasteiger partial charge in [0, 0.05) is 0 Å². The van der Waals surface area contributed by atoms with E-state index in [1.54, 1.807) is 0 Å². The van der Waals surface area contributed by atoms with Crippen molar-refractivity contribution in [2.24, 2.45) is 5.92 Å². The van der Waals surface area contributed by atoms with Gasteiger partial charge < -0.3 is 6.92 Å². The molecule has 0 aromatic heterocycles. The van der Waals surface area contributed by atoms with Gasteiger partial charge in [-0.05, 0) is 0 Å². The summed E-state index contributed by atoms with van der Waals surface area (Å²) < 4.78 is 29.0.